The van der Waals surface area contributed by atoms with Gasteiger partial charge in [0.2, 0.25) is 0 Å². The van der Waals surface area contributed by atoms with E-state index in [1.54, 1.807) is 12.2 Å². The molecule has 0 amide bonds. The molecule has 0 N–H and O–H groups in total. The van der Waals surface area contributed by atoms with Gasteiger partial charge in [-0.15, -0.1) is 24.3 Å². The molecule has 0 bridgehead atoms. The van der Waals surface area contributed by atoms with Crippen LogP contribution in [-0.2, 0) is 5.41 Å². The largest absolute Gasteiger partial charge is 2.00 e. The van der Waals surface area contributed by atoms with E-state index in [0.717, 1.165) is 11.1 Å². The van der Waals surface area contributed by atoms with Crippen LogP contribution in [0, 0.1) is 13.2 Å². The molecule has 2 aromatic carbocycles. The van der Waals surface area contributed by atoms with Gasteiger partial charge < -0.3 is 49.6 Å². The monoisotopic (exact) mass is 642 g/mol. The second-order valence-corrected chi connectivity index (χ2v) is 10.1. The topological polar surface area (TPSA) is 0 Å². The standard InChI is InChI=1S/C33H44.4ClH.2Li.2Mg/c1-5-9-11-13-15-17-23-33(24-18-16-14-12-10-6-2)31-25-27(7-3)19-21-29(31)30-22-20-28(8-4)26-32(30)33;;;;;;;;/h3-4,7-8,19-22,25-26H,5-6,9-18,23-24H2,1-2H3;4*1H;;;;/q-2;;;;;2*+1;2*+2/p-4. The number of halogens is 4. The third-order valence-electron chi connectivity index (χ3n) is 7.71. The van der Waals surface area contributed by atoms with Gasteiger partial charge in [-0.3, -0.25) is 13.2 Å². The van der Waals surface area contributed by atoms with Crippen molar-refractivity contribution >= 4 is 58.3 Å². The molecule has 0 aromatic heterocycles. The van der Waals surface area contributed by atoms with Crippen LogP contribution in [-0.4, -0.2) is 46.1 Å². The fraction of sp³-hybridized carbons (Fsp3) is 0.515. The van der Waals surface area contributed by atoms with E-state index in [2.05, 4.69) is 50.2 Å². The van der Waals surface area contributed by atoms with Crippen LogP contribution in [0.25, 0.3) is 23.3 Å². The van der Waals surface area contributed by atoms with E-state index in [0.29, 0.717) is 0 Å². The van der Waals surface area contributed by atoms with E-state index in [1.165, 1.54) is 112 Å². The van der Waals surface area contributed by atoms with E-state index in [9.17, 15) is 0 Å². The Morgan fingerprint density at radius 3 is 1.17 bits per heavy atom. The number of benzene rings is 2. The van der Waals surface area contributed by atoms with Crippen molar-refractivity contribution in [1.29, 1.82) is 0 Å². The Morgan fingerprint density at radius 2 is 0.854 bits per heavy atom. The summed E-state index contributed by atoms with van der Waals surface area (Å²) < 4.78 is 0. The molecule has 2 aromatic rings. The third kappa shape index (κ3) is 15.3. The Kier molecular flexibility index (Phi) is 41.0. The fourth-order valence-electron chi connectivity index (χ4n) is 5.82. The number of rotatable bonds is 16. The Labute approximate surface area is 334 Å². The average Bonchev–Trinajstić information content (AvgIpc) is 3.12. The predicted octanol–water partition coefficient (Wildman–Crippen LogP) is -8.39. The molecule has 3 rings (SSSR count). The summed E-state index contributed by atoms with van der Waals surface area (Å²) in [6.07, 6.45) is 21.9. The molecule has 210 valence electrons. The molecule has 0 saturated heterocycles. The van der Waals surface area contributed by atoms with Crippen molar-refractivity contribution in [2.24, 2.45) is 0 Å². The number of fused-ring (bicyclic) bond motifs is 3. The van der Waals surface area contributed by atoms with Gasteiger partial charge in [-0.1, -0.05) is 103 Å². The molecule has 8 heteroatoms. The zero-order valence-corrected chi connectivity index (χ0v) is 32.0. The van der Waals surface area contributed by atoms with E-state index in [1.807, 2.05) is 0 Å². The maximum absolute atomic E-state index is 5.97. The predicted molar refractivity (Wildman–Crippen MR) is 158 cm³/mol. The molecule has 1 aliphatic rings. The van der Waals surface area contributed by atoms with E-state index >= 15 is 0 Å². The minimum atomic E-state index is 0. The van der Waals surface area contributed by atoms with Crippen molar-refractivity contribution in [2.75, 3.05) is 0 Å². The van der Waals surface area contributed by atoms with Crippen LogP contribution >= 0.6 is 0 Å². The van der Waals surface area contributed by atoms with Gasteiger partial charge >= 0.3 is 83.8 Å². The van der Waals surface area contributed by atoms with Gasteiger partial charge in [-0.05, 0) is 35.1 Å². The van der Waals surface area contributed by atoms with Crippen molar-refractivity contribution in [1.82, 2.24) is 0 Å². The van der Waals surface area contributed by atoms with Crippen LogP contribution in [0.1, 0.15) is 126 Å². The van der Waals surface area contributed by atoms with Crippen LogP contribution < -0.4 is 87.3 Å². The summed E-state index contributed by atoms with van der Waals surface area (Å²) in [7, 11) is 0. The van der Waals surface area contributed by atoms with Crippen molar-refractivity contribution in [3.8, 4) is 11.1 Å². The number of hydrogen-bond acceptors (Lipinski definition) is 0. The zero-order chi connectivity index (χ0) is 23.5. The van der Waals surface area contributed by atoms with Crippen molar-refractivity contribution in [3.05, 3.63) is 71.8 Å². The first-order valence-corrected chi connectivity index (χ1v) is 13.6. The number of hydrogen-bond donors (Lipinski definition) is 0. The molecule has 0 aliphatic heterocycles. The maximum Gasteiger partial charge on any atom is 2.00 e. The SMILES string of the molecule is [CH-]=Cc1ccc2c(c1)C(CCCCCCCC)(CCCCCCCC)c1cc(C=[CH-])ccc1-2.[Cl-].[Cl-].[Cl-].[Cl-].[Li+].[Li+].[Mg+2].[Mg+2]. The average molecular weight is 645 g/mol. The van der Waals surface area contributed by atoms with Crippen molar-refractivity contribution in [3.63, 3.8) is 0 Å². The molecule has 0 spiro atoms. The maximum atomic E-state index is 5.97. The van der Waals surface area contributed by atoms with Gasteiger partial charge in [-0.25, -0.2) is 12.2 Å². The molecule has 0 saturated carbocycles. The normalized spacial score (nSPS) is 10.9. The summed E-state index contributed by atoms with van der Waals surface area (Å²) in [5.74, 6) is 0. The van der Waals surface area contributed by atoms with Crippen LogP contribution in [0.3, 0.4) is 0 Å². The third-order valence-corrected chi connectivity index (χ3v) is 7.71. The minimum Gasteiger partial charge on any atom is -1.00 e. The quantitative estimate of drug-likeness (QED) is 0.0969. The summed E-state index contributed by atoms with van der Waals surface area (Å²) in [5.41, 5.74) is 8.12. The van der Waals surface area contributed by atoms with Crippen molar-refractivity contribution < 1.29 is 87.3 Å². The molecule has 0 fully saturated rings. The van der Waals surface area contributed by atoms with Crippen molar-refractivity contribution in [2.45, 2.75) is 109 Å². The minimum absolute atomic E-state index is 0. The molecule has 0 heterocycles. The Bertz CT molecular complexity index is 866. The Balaban J connectivity index is -0.000000383. The van der Waals surface area contributed by atoms with Gasteiger partial charge in [0, 0.05) is 5.41 Å². The summed E-state index contributed by atoms with van der Waals surface area (Å²) in [6.45, 7) is 16.5. The fourth-order valence-corrected chi connectivity index (χ4v) is 5.82. The smallest absolute Gasteiger partial charge is 1.00 e. The molecular weight excluding hydrogens is 601 g/mol. The van der Waals surface area contributed by atoms with Gasteiger partial charge in [0.05, 0.1) is 0 Å². The van der Waals surface area contributed by atoms with E-state index in [4.69, 9.17) is 13.2 Å². The van der Waals surface area contributed by atoms with Crippen LogP contribution in [0.4, 0.5) is 0 Å². The molecule has 41 heavy (non-hydrogen) atoms. The number of unbranched alkanes of at least 4 members (excludes halogenated alkanes) is 10. The summed E-state index contributed by atoms with van der Waals surface area (Å²) >= 11 is 0. The molecule has 0 nitrogen and oxygen atoms in total. The first-order valence-electron chi connectivity index (χ1n) is 13.6. The second-order valence-electron chi connectivity index (χ2n) is 10.1. The van der Waals surface area contributed by atoms with E-state index < -0.39 is 0 Å². The first-order chi connectivity index (χ1) is 16.2. The second kappa shape index (κ2) is 30.5. The summed E-state index contributed by atoms with van der Waals surface area (Å²) in [6, 6.07) is 13.7. The Morgan fingerprint density at radius 1 is 0.537 bits per heavy atom. The van der Waals surface area contributed by atoms with Gasteiger partial charge in [0.25, 0.3) is 0 Å². The summed E-state index contributed by atoms with van der Waals surface area (Å²) in [5, 5.41) is 0. The zero-order valence-electron chi connectivity index (χ0n) is 26.1. The van der Waals surface area contributed by atoms with Gasteiger partial charge in [0.1, 0.15) is 0 Å². The molecule has 0 unspecified atom stereocenters. The molecule has 0 radical (unpaired) electrons. The van der Waals surface area contributed by atoms with Crippen LogP contribution in [0.2, 0.25) is 0 Å². The van der Waals surface area contributed by atoms with Gasteiger partial charge in [0.15, 0.2) is 0 Å². The molecule has 1 aliphatic carbocycles. The van der Waals surface area contributed by atoms with E-state index in [-0.39, 0.29) is 139 Å². The molecular formula is C33H44Cl4Li2Mg2. The van der Waals surface area contributed by atoms with Crippen LogP contribution in [0.15, 0.2) is 36.4 Å². The van der Waals surface area contributed by atoms with Gasteiger partial charge in [-0.2, -0.15) is 11.1 Å². The molecule has 0 atom stereocenters. The summed E-state index contributed by atoms with van der Waals surface area (Å²) in [4.78, 5) is 0. The first kappa shape index (κ1) is 55.2. The Hall–Kier alpha value is 1.81. The van der Waals surface area contributed by atoms with Crippen LogP contribution in [0.5, 0.6) is 0 Å².